The number of para-hydroxylation sites is 1. The minimum Gasteiger partial charge on any atom is -0.392 e. The van der Waals surface area contributed by atoms with E-state index >= 15 is 0 Å². The molecule has 0 radical (unpaired) electrons. The van der Waals surface area contributed by atoms with Gasteiger partial charge in [-0.1, -0.05) is 18.2 Å². The molecule has 18 heavy (non-hydrogen) atoms. The van der Waals surface area contributed by atoms with Crippen molar-refractivity contribution in [1.29, 1.82) is 0 Å². The van der Waals surface area contributed by atoms with Crippen LogP contribution in [-0.4, -0.2) is 23.7 Å². The molecule has 1 aliphatic rings. The molecule has 3 heteroatoms. The lowest BCUT2D eigenvalue weighted by Crippen LogP contribution is -2.21. The third kappa shape index (κ3) is 2.18. The molecule has 0 atom stereocenters. The fourth-order valence-corrected chi connectivity index (χ4v) is 2.34. The van der Waals surface area contributed by atoms with Crippen molar-refractivity contribution < 1.29 is 5.11 Å². The van der Waals surface area contributed by atoms with Gasteiger partial charge in [0.25, 0.3) is 0 Å². The van der Waals surface area contributed by atoms with Crippen LogP contribution in [0.2, 0.25) is 0 Å². The van der Waals surface area contributed by atoms with Crippen LogP contribution < -0.4 is 4.90 Å². The predicted octanol–water partition coefficient (Wildman–Crippen LogP) is 2.57. The monoisotopic (exact) mass is 242 g/mol. The first-order valence-corrected chi connectivity index (χ1v) is 6.48. The van der Waals surface area contributed by atoms with Gasteiger partial charge >= 0.3 is 0 Å². The van der Waals surface area contributed by atoms with E-state index in [0.717, 1.165) is 34.7 Å². The van der Waals surface area contributed by atoms with Gasteiger partial charge in [0.15, 0.2) is 0 Å². The zero-order valence-electron chi connectivity index (χ0n) is 10.6. The van der Waals surface area contributed by atoms with Crippen LogP contribution >= 0.6 is 0 Å². The molecule has 0 spiro atoms. The number of anilines is 1. The molecule has 0 unspecified atom stereocenters. The average Bonchev–Trinajstić information content (AvgIpc) is 3.21. The third-order valence-electron chi connectivity index (χ3n) is 3.58. The molecule has 1 aromatic heterocycles. The summed E-state index contributed by atoms with van der Waals surface area (Å²) in [5.74, 6) is 1.80. The Morgan fingerprint density at radius 3 is 2.83 bits per heavy atom. The Morgan fingerprint density at radius 1 is 1.33 bits per heavy atom. The Kier molecular flexibility index (Phi) is 2.92. The van der Waals surface area contributed by atoms with E-state index < -0.39 is 0 Å². The second-order valence-electron chi connectivity index (χ2n) is 5.14. The molecule has 3 rings (SSSR count). The molecule has 3 nitrogen and oxygen atoms in total. The number of hydrogen-bond donors (Lipinski definition) is 1. The molecule has 0 saturated heterocycles. The highest BCUT2D eigenvalue weighted by atomic mass is 16.3. The van der Waals surface area contributed by atoms with E-state index in [2.05, 4.69) is 16.9 Å². The molecule has 0 aliphatic heterocycles. The van der Waals surface area contributed by atoms with Crippen LogP contribution in [0.5, 0.6) is 0 Å². The van der Waals surface area contributed by atoms with Crippen LogP contribution in [0.25, 0.3) is 10.9 Å². The van der Waals surface area contributed by atoms with Crippen molar-refractivity contribution in [2.45, 2.75) is 19.4 Å². The molecule has 1 saturated carbocycles. The standard InChI is InChI=1S/C15H18N2O/c1-17(9-11-6-7-11)15-8-12(10-18)13-4-2-3-5-14(13)16-15/h2-5,8,11,18H,6-7,9-10H2,1H3. The van der Waals surface area contributed by atoms with Gasteiger partial charge in [-0.3, -0.25) is 0 Å². The van der Waals surface area contributed by atoms with Gasteiger partial charge in [0.05, 0.1) is 12.1 Å². The average molecular weight is 242 g/mol. The fourth-order valence-electron chi connectivity index (χ4n) is 2.34. The molecule has 1 aliphatic carbocycles. The first-order valence-electron chi connectivity index (χ1n) is 6.48. The van der Waals surface area contributed by atoms with Gasteiger partial charge in [-0.15, -0.1) is 0 Å². The highest BCUT2D eigenvalue weighted by Crippen LogP contribution is 2.31. The van der Waals surface area contributed by atoms with Gasteiger partial charge in [-0.25, -0.2) is 4.98 Å². The SMILES string of the molecule is CN(CC1CC1)c1cc(CO)c2ccccc2n1. The van der Waals surface area contributed by atoms with E-state index in [1.54, 1.807) is 0 Å². The van der Waals surface area contributed by atoms with E-state index in [-0.39, 0.29) is 6.61 Å². The van der Waals surface area contributed by atoms with Crippen LogP contribution in [0.3, 0.4) is 0 Å². The largest absolute Gasteiger partial charge is 0.392 e. The van der Waals surface area contributed by atoms with Crippen LogP contribution in [0.15, 0.2) is 30.3 Å². The molecule has 2 aromatic rings. The van der Waals surface area contributed by atoms with Gasteiger partial charge in [-0.2, -0.15) is 0 Å². The number of benzene rings is 1. The number of rotatable bonds is 4. The van der Waals surface area contributed by atoms with Crippen molar-refractivity contribution in [3.63, 3.8) is 0 Å². The predicted molar refractivity (Wildman–Crippen MR) is 73.7 cm³/mol. The Bertz CT molecular complexity index is 563. The molecule has 0 bridgehead atoms. The summed E-state index contributed by atoms with van der Waals surface area (Å²) in [6, 6.07) is 9.99. The summed E-state index contributed by atoms with van der Waals surface area (Å²) >= 11 is 0. The summed E-state index contributed by atoms with van der Waals surface area (Å²) in [6.07, 6.45) is 2.68. The highest BCUT2D eigenvalue weighted by Gasteiger charge is 2.23. The zero-order chi connectivity index (χ0) is 12.5. The maximum atomic E-state index is 9.49. The number of aliphatic hydroxyl groups excluding tert-OH is 1. The second-order valence-corrected chi connectivity index (χ2v) is 5.14. The summed E-state index contributed by atoms with van der Waals surface area (Å²) in [5.41, 5.74) is 1.92. The van der Waals surface area contributed by atoms with Gasteiger partial charge < -0.3 is 10.0 Å². The second kappa shape index (κ2) is 4.58. The molecule has 1 N–H and O–H groups in total. The highest BCUT2D eigenvalue weighted by molar-refractivity contribution is 5.84. The van der Waals surface area contributed by atoms with Crippen LogP contribution in [-0.2, 0) is 6.61 Å². The first-order chi connectivity index (χ1) is 8.78. The fraction of sp³-hybridized carbons (Fsp3) is 0.400. The Hall–Kier alpha value is -1.61. The summed E-state index contributed by atoms with van der Waals surface area (Å²) < 4.78 is 0. The Balaban J connectivity index is 2.01. The van der Waals surface area contributed by atoms with Crippen molar-refractivity contribution in [2.75, 3.05) is 18.5 Å². The molecule has 94 valence electrons. The number of aromatic nitrogens is 1. The van der Waals surface area contributed by atoms with Gasteiger partial charge in [-0.05, 0) is 36.5 Å². The number of pyridine rings is 1. The summed E-state index contributed by atoms with van der Waals surface area (Å²) in [7, 11) is 2.08. The smallest absolute Gasteiger partial charge is 0.129 e. The summed E-state index contributed by atoms with van der Waals surface area (Å²) in [6.45, 7) is 1.13. The normalized spacial score (nSPS) is 15.0. The first kappa shape index (κ1) is 11.5. The van der Waals surface area contributed by atoms with E-state index in [4.69, 9.17) is 0 Å². The van der Waals surface area contributed by atoms with Crippen LogP contribution in [0, 0.1) is 5.92 Å². The van der Waals surface area contributed by atoms with Crippen molar-refractivity contribution in [1.82, 2.24) is 4.98 Å². The van der Waals surface area contributed by atoms with Crippen molar-refractivity contribution >= 4 is 16.7 Å². The quantitative estimate of drug-likeness (QED) is 0.895. The van der Waals surface area contributed by atoms with E-state index in [1.807, 2.05) is 30.3 Å². The molecule has 1 fully saturated rings. The van der Waals surface area contributed by atoms with Gasteiger partial charge in [0.1, 0.15) is 5.82 Å². The van der Waals surface area contributed by atoms with Crippen molar-refractivity contribution in [2.24, 2.45) is 5.92 Å². The maximum absolute atomic E-state index is 9.49. The molecule has 1 aromatic carbocycles. The summed E-state index contributed by atoms with van der Waals surface area (Å²) in [5, 5.41) is 10.5. The molecular weight excluding hydrogens is 224 g/mol. The van der Waals surface area contributed by atoms with Crippen molar-refractivity contribution in [3.8, 4) is 0 Å². The molecule has 1 heterocycles. The van der Waals surface area contributed by atoms with Gasteiger partial charge in [0, 0.05) is 19.0 Å². The van der Waals surface area contributed by atoms with Crippen molar-refractivity contribution in [3.05, 3.63) is 35.9 Å². The lowest BCUT2D eigenvalue weighted by Gasteiger charge is -2.19. The topological polar surface area (TPSA) is 36.4 Å². The lowest BCUT2D eigenvalue weighted by molar-refractivity contribution is 0.283. The maximum Gasteiger partial charge on any atom is 0.129 e. The third-order valence-corrected chi connectivity index (χ3v) is 3.58. The lowest BCUT2D eigenvalue weighted by atomic mass is 10.1. The minimum atomic E-state index is 0.0628. The number of hydrogen-bond acceptors (Lipinski definition) is 3. The number of fused-ring (bicyclic) bond motifs is 1. The molecule has 0 amide bonds. The Morgan fingerprint density at radius 2 is 2.11 bits per heavy atom. The van der Waals surface area contributed by atoms with E-state index in [9.17, 15) is 5.11 Å². The number of aliphatic hydroxyl groups is 1. The van der Waals surface area contributed by atoms with E-state index in [1.165, 1.54) is 12.8 Å². The Labute approximate surface area is 107 Å². The van der Waals surface area contributed by atoms with Crippen LogP contribution in [0.1, 0.15) is 18.4 Å². The van der Waals surface area contributed by atoms with Gasteiger partial charge in [0.2, 0.25) is 0 Å². The zero-order valence-corrected chi connectivity index (χ0v) is 10.6. The minimum absolute atomic E-state index is 0.0628. The number of nitrogens with zero attached hydrogens (tertiary/aromatic N) is 2. The summed E-state index contributed by atoms with van der Waals surface area (Å²) in [4.78, 5) is 6.88. The van der Waals surface area contributed by atoms with E-state index in [0.29, 0.717) is 0 Å². The molecular formula is C15H18N2O. The van der Waals surface area contributed by atoms with Crippen LogP contribution in [0.4, 0.5) is 5.82 Å².